The van der Waals surface area contributed by atoms with Crippen LogP contribution in [-0.2, 0) is 4.79 Å². The first-order valence-electron chi connectivity index (χ1n) is 3.98. The number of nitrogens with two attached hydrogens (primary N) is 1. The maximum atomic E-state index is 10.9. The Morgan fingerprint density at radius 2 is 2.08 bits per heavy atom. The van der Waals surface area contributed by atoms with Crippen molar-refractivity contribution in [2.24, 2.45) is 5.73 Å². The van der Waals surface area contributed by atoms with Gasteiger partial charge in [-0.15, -0.1) is 0 Å². The highest BCUT2D eigenvalue weighted by Crippen LogP contribution is 2.28. The first-order valence-corrected chi connectivity index (χ1v) is 3.98. The lowest BCUT2D eigenvalue weighted by Crippen LogP contribution is -2.57. The summed E-state index contributed by atoms with van der Waals surface area (Å²) in [5, 5.41) is 17.6. The molecule has 13 heavy (non-hydrogen) atoms. The Morgan fingerprint density at radius 3 is 2.38 bits per heavy atom. The second kappa shape index (κ2) is 3.21. The van der Waals surface area contributed by atoms with Crippen LogP contribution in [0.15, 0.2) is 0 Å². The number of nitrogens with zero attached hydrogens (tertiary/aromatic N) is 1. The zero-order chi connectivity index (χ0) is 10.1. The van der Waals surface area contributed by atoms with E-state index in [2.05, 4.69) is 0 Å². The van der Waals surface area contributed by atoms with Gasteiger partial charge >= 0.3 is 12.1 Å². The Bertz CT molecular complexity index is 243. The maximum absolute atomic E-state index is 10.9. The van der Waals surface area contributed by atoms with E-state index in [0.29, 0.717) is 12.8 Å². The summed E-state index contributed by atoms with van der Waals surface area (Å²) in [4.78, 5) is 22.5. The lowest BCUT2D eigenvalue weighted by molar-refractivity contribution is -0.148. The minimum Gasteiger partial charge on any atom is -0.479 e. The summed E-state index contributed by atoms with van der Waals surface area (Å²) in [6, 6.07) is 0. The fraction of sp³-hybridized carbons (Fsp3) is 0.714. The van der Waals surface area contributed by atoms with Crippen LogP contribution in [0, 0.1) is 0 Å². The summed E-state index contributed by atoms with van der Waals surface area (Å²) in [6.45, 7) is 0.0769. The molecular weight excluding hydrogens is 176 g/mol. The highest BCUT2D eigenvalue weighted by Gasteiger charge is 2.49. The van der Waals surface area contributed by atoms with Gasteiger partial charge in [-0.25, -0.2) is 9.59 Å². The van der Waals surface area contributed by atoms with Crippen molar-refractivity contribution in [3.8, 4) is 0 Å². The SMILES string of the molecule is NCC1(C(=O)O)CCCN1C(=O)O. The molecule has 0 radical (unpaired) electrons. The number of amides is 1. The van der Waals surface area contributed by atoms with Crippen molar-refractivity contribution in [2.45, 2.75) is 18.4 Å². The van der Waals surface area contributed by atoms with E-state index in [4.69, 9.17) is 15.9 Å². The normalized spacial score (nSPS) is 27.6. The van der Waals surface area contributed by atoms with Crippen LogP contribution >= 0.6 is 0 Å². The smallest absolute Gasteiger partial charge is 0.408 e. The molecule has 0 saturated carbocycles. The molecular formula is C7H12N2O4. The van der Waals surface area contributed by atoms with Crippen LogP contribution in [0.25, 0.3) is 0 Å². The highest BCUT2D eigenvalue weighted by molar-refractivity contribution is 5.84. The van der Waals surface area contributed by atoms with E-state index in [1.165, 1.54) is 0 Å². The summed E-state index contributed by atoms with van der Waals surface area (Å²) < 4.78 is 0. The van der Waals surface area contributed by atoms with Crippen LogP contribution in [-0.4, -0.2) is 45.8 Å². The predicted octanol–water partition coefficient (Wildman–Crippen LogP) is -0.458. The van der Waals surface area contributed by atoms with Crippen molar-refractivity contribution in [1.29, 1.82) is 0 Å². The monoisotopic (exact) mass is 188 g/mol. The van der Waals surface area contributed by atoms with Gasteiger partial charge in [0.05, 0.1) is 0 Å². The van der Waals surface area contributed by atoms with Crippen molar-refractivity contribution in [2.75, 3.05) is 13.1 Å². The van der Waals surface area contributed by atoms with Crippen molar-refractivity contribution in [3.63, 3.8) is 0 Å². The second-order valence-corrected chi connectivity index (χ2v) is 3.08. The first kappa shape index (κ1) is 9.79. The molecule has 1 heterocycles. The molecule has 1 rings (SSSR count). The molecule has 1 amide bonds. The standard InChI is InChI=1S/C7H12N2O4/c8-4-7(5(10)11)2-1-3-9(7)6(12)13/h1-4,8H2,(H,10,11)(H,12,13). The van der Waals surface area contributed by atoms with Gasteiger partial charge in [-0.05, 0) is 12.8 Å². The largest absolute Gasteiger partial charge is 0.479 e. The van der Waals surface area contributed by atoms with Crippen LogP contribution in [0.5, 0.6) is 0 Å². The Hall–Kier alpha value is -1.30. The number of likely N-dealkylation sites (tertiary alicyclic amines) is 1. The van der Waals surface area contributed by atoms with Gasteiger partial charge < -0.3 is 15.9 Å². The topological polar surface area (TPSA) is 104 Å². The zero-order valence-corrected chi connectivity index (χ0v) is 7.06. The Balaban J connectivity index is 2.96. The van der Waals surface area contributed by atoms with E-state index >= 15 is 0 Å². The molecule has 4 N–H and O–H groups in total. The maximum Gasteiger partial charge on any atom is 0.408 e. The molecule has 0 aromatic carbocycles. The third-order valence-corrected chi connectivity index (χ3v) is 2.46. The summed E-state index contributed by atoms with van der Waals surface area (Å²) >= 11 is 0. The third kappa shape index (κ3) is 1.33. The molecule has 1 aliphatic rings. The molecule has 0 aliphatic carbocycles. The number of hydrogen-bond donors (Lipinski definition) is 3. The molecule has 1 fully saturated rings. The molecule has 1 atom stereocenters. The van der Waals surface area contributed by atoms with Gasteiger partial charge in [0, 0.05) is 13.1 Å². The molecule has 74 valence electrons. The molecule has 0 bridgehead atoms. The minimum absolute atomic E-state index is 0.172. The fourth-order valence-electron chi connectivity index (χ4n) is 1.68. The number of carboxylic acids is 1. The van der Waals surface area contributed by atoms with Gasteiger partial charge in [-0.2, -0.15) is 0 Å². The highest BCUT2D eigenvalue weighted by atomic mass is 16.4. The minimum atomic E-state index is -1.40. The van der Waals surface area contributed by atoms with Gasteiger partial charge in [-0.3, -0.25) is 4.90 Å². The number of rotatable bonds is 2. The van der Waals surface area contributed by atoms with E-state index < -0.39 is 17.6 Å². The first-order chi connectivity index (χ1) is 6.04. The predicted molar refractivity (Wildman–Crippen MR) is 43.4 cm³/mol. The Kier molecular flexibility index (Phi) is 2.42. The second-order valence-electron chi connectivity index (χ2n) is 3.08. The molecule has 0 spiro atoms. The fourth-order valence-corrected chi connectivity index (χ4v) is 1.68. The Labute approximate surface area is 74.9 Å². The number of carbonyl (C=O) groups is 2. The third-order valence-electron chi connectivity index (χ3n) is 2.46. The van der Waals surface area contributed by atoms with E-state index in [9.17, 15) is 9.59 Å². The molecule has 6 heteroatoms. The Morgan fingerprint density at radius 1 is 1.46 bits per heavy atom. The average molecular weight is 188 g/mol. The van der Waals surface area contributed by atoms with Crippen LogP contribution in [0.3, 0.4) is 0 Å². The van der Waals surface area contributed by atoms with Crippen molar-refractivity contribution < 1.29 is 19.8 Å². The summed E-state index contributed by atoms with van der Waals surface area (Å²) in [6.07, 6.45) is -0.369. The van der Waals surface area contributed by atoms with Gasteiger partial charge in [0.15, 0.2) is 5.54 Å². The van der Waals surface area contributed by atoms with Gasteiger partial charge in [0.2, 0.25) is 0 Å². The number of carboxylic acid groups (broad SMARTS) is 2. The average Bonchev–Trinajstić information content (AvgIpc) is 2.48. The summed E-state index contributed by atoms with van der Waals surface area (Å²) in [5.74, 6) is -1.16. The molecule has 1 aliphatic heterocycles. The quantitative estimate of drug-likeness (QED) is 0.544. The van der Waals surface area contributed by atoms with Crippen LogP contribution < -0.4 is 5.73 Å². The van der Waals surface area contributed by atoms with Gasteiger partial charge in [-0.1, -0.05) is 0 Å². The molecule has 0 aromatic heterocycles. The van der Waals surface area contributed by atoms with Crippen molar-refractivity contribution in [1.82, 2.24) is 4.90 Å². The molecule has 0 aromatic rings. The lowest BCUT2D eigenvalue weighted by atomic mass is 9.97. The summed E-state index contributed by atoms with van der Waals surface area (Å²) in [7, 11) is 0. The lowest BCUT2D eigenvalue weighted by Gasteiger charge is -2.30. The van der Waals surface area contributed by atoms with E-state index in [1.807, 2.05) is 0 Å². The van der Waals surface area contributed by atoms with E-state index in [-0.39, 0.29) is 13.1 Å². The van der Waals surface area contributed by atoms with Crippen LogP contribution in [0.4, 0.5) is 4.79 Å². The number of hydrogen-bond acceptors (Lipinski definition) is 3. The van der Waals surface area contributed by atoms with Gasteiger partial charge in [0.1, 0.15) is 0 Å². The van der Waals surface area contributed by atoms with Crippen LogP contribution in [0.2, 0.25) is 0 Å². The van der Waals surface area contributed by atoms with Crippen molar-refractivity contribution >= 4 is 12.1 Å². The molecule has 6 nitrogen and oxygen atoms in total. The molecule has 1 unspecified atom stereocenters. The summed E-state index contributed by atoms with van der Waals surface area (Å²) in [5.41, 5.74) is 3.92. The van der Waals surface area contributed by atoms with E-state index in [1.54, 1.807) is 0 Å². The number of aliphatic carboxylic acids is 1. The van der Waals surface area contributed by atoms with Crippen molar-refractivity contribution in [3.05, 3.63) is 0 Å². The zero-order valence-electron chi connectivity index (χ0n) is 7.06. The molecule has 1 saturated heterocycles. The van der Waals surface area contributed by atoms with Crippen LogP contribution in [0.1, 0.15) is 12.8 Å². The van der Waals surface area contributed by atoms with Gasteiger partial charge in [0.25, 0.3) is 0 Å². The van der Waals surface area contributed by atoms with E-state index in [0.717, 1.165) is 4.90 Å².